The minimum absolute atomic E-state index is 0.122. The Kier molecular flexibility index (Phi) is 5.32. The molecule has 0 radical (unpaired) electrons. The second kappa shape index (κ2) is 7.59. The summed E-state index contributed by atoms with van der Waals surface area (Å²) in [5.74, 6) is 0. The van der Waals surface area contributed by atoms with Crippen molar-refractivity contribution in [2.75, 3.05) is 0 Å². The van der Waals surface area contributed by atoms with E-state index in [-0.39, 0.29) is 10.8 Å². The van der Waals surface area contributed by atoms with Crippen LogP contribution in [0.15, 0.2) is 45.3 Å². The van der Waals surface area contributed by atoms with E-state index in [1.165, 1.54) is 29.9 Å². The van der Waals surface area contributed by atoms with Crippen LogP contribution < -0.4 is 0 Å². The maximum absolute atomic E-state index is 3.94. The Hall–Kier alpha value is -1.34. The fraction of sp³-hybridized carbons (Fsp3) is 0.308. The molecule has 0 amide bonds. The van der Waals surface area contributed by atoms with E-state index in [0.717, 1.165) is 31.0 Å². The number of nitrogens with one attached hydrogen (secondary N) is 2. The summed E-state index contributed by atoms with van der Waals surface area (Å²) < 4.78 is 7.14. The zero-order chi connectivity index (χ0) is 23.0. The molecule has 0 saturated heterocycles. The van der Waals surface area contributed by atoms with Crippen molar-refractivity contribution in [3.63, 3.8) is 0 Å². The highest BCUT2D eigenvalue weighted by Gasteiger charge is 2.19. The fourth-order valence-electron chi connectivity index (χ4n) is 3.90. The molecule has 5 rings (SSSR count). The first-order valence-electron chi connectivity index (χ1n) is 10.7. The number of aromatic nitrogens is 2. The van der Waals surface area contributed by atoms with Crippen LogP contribution in [0.1, 0.15) is 52.7 Å². The normalized spacial score (nSPS) is 13.0. The van der Waals surface area contributed by atoms with Crippen LogP contribution in [-0.4, -0.2) is 9.97 Å². The summed E-state index contributed by atoms with van der Waals surface area (Å²) in [7, 11) is 0. The van der Waals surface area contributed by atoms with Gasteiger partial charge in [-0.2, -0.15) is 0 Å². The summed E-state index contributed by atoms with van der Waals surface area (Å²) in [5, 5.41) is 0. The van der Waals surface area contributed by atoms with Crippen LogP contribution in [0, 0.1) is 0 Å². The molecule has 0 unspecified atom stereocenters. The van der Waals surface area contributed by atoms with E-state index in [1.807, 2.05) is 22.7 Å². The highest BCUT2D eigenvalue weighted by Crippen LogP contribution is 2.44. The number of hydrogen-bond acceptors (Lipinski definition) is 2. The van der Waals surface area contributed by atoms with Gasteiger partial charge in [0.05, 0.1) is 49.8 Å². The van der Waals surface area contributed by atoms with Gasteiger partial charge in [0.25, 0.3) is 0 Å². The number of fused-ring (bicyclic) bond motifs is 4. The first-order valence-corrected chi connectivity index (χ1v) is 13.9. The smallest absolute Gasteiger partial charge is 0.0731 e. The number of rotatable bonds is 0. The summed E-state index contributed by atoms with van der Waals surface area (Å²) in [6.45, 7) is 13.6. The number of benzene rings is 3. The summed E-state index contributed by atoms with van der Waals surface area (Å²) in [5.41, 5.74) is 7.51. The lowest BCUT2D eigenvalue weighted by Gasteiger charge is -2.20. The molecule has 0 fully saturated rings. The summed E-state index contributed by atoms with van der Waals surface area (Å²) in [6, 6.07) is 13.5. The monoisotopic (exact) mass is 588 g/mol. The number of aromatic amines is 2. The minimum Gasteiger partial charge on any atom is -0.352 e. The highest BCUT2D eigenvalue weighted by molar-refractivity contribution is 9.11. The average molecular weight is 590 g/mol. The van der Waals surface area contributed by atoms with Gasteiger partial charge in [-0.05, 0) is 78.1 Å². The summed E-state index contributed by atoms with van der Waals surface area (Å²) in [4.78, 5) is 7.40. The van der Waals surface area contributed by atoms with Gasteiger partial charge in [-0.1, -0.05) is 53.7 Å². The Morgan fingerprint density at radius 3 is 1.34 bits per heavy atom. The number of hydrogen-bond donors (Lipinski definition) is 2. The fourth-order valence-corrected chi connectivity index (χ4v) is 7.81. The van der Waals surface area contributed by atoms with Crippen LogP contribution >= 0.6 is 54.5 Å². The topological polar surface area (TPSA) is 31.6 Å². The molecule has 5 aromatic rings. The molecule has 2 N–H and O–H groups in total. The predicted octanol–water partition coefficient (Wildman–Crippen LogP) is 10.3. The van der Waals surface area contributed by atoms with Gasteiger partial charge in [-0.25, -0.2) is 0 Å². The lowest BCUT2D eigenvalue weighted by molar-refractivity contribution is 0.591. The van der Waals surface area contributed by atoms with Gasteiger partial charge in [0.1, 0.15) is 0 Å². The third kappa shape index (κ3) is 3.73. The van der Waals surface area contributed by atoms with Crippen LogP contribution in [0.2, 0.25) is 0 Å². The molecule has 6 heteroatoms. The third-order valence-electron chi connectivity index (χ3n) is 5.93. The van der Waals surface area contributed by atoms with Gasteiger partial charge >= 0.3 is 0 Å². The second-order valence-corrected chi connectivity index (χ2v) is 14.1. The van der Waals surface area contributed by atoms with E-state index < -0.39 is 0 Å². The van der Waals surface area contributed by atoms with E-state index in [0.29, 0.717) is 0 Å². The molecule has 0 aliphatic rings. The molecule has 2 nitrogen and oxygen atoms in total. The molecular weight excluding hydrogens is 564 g/mol. The maximum Gasteiger partial charge on any atom is 0.0731 e. The van der Waals surface area contributed by atoms with Gasteiger partial charge in [-0.15, -0.1) is 22.7 Å². The quantitative estimate of drug-likeness (QED) is 0.168. The molecule has 32 heavy (non-hydrogen) atoms. The number of H-pyrrole nitrogens is 2. The minimum atomic E-state index is 0.122. The number of halogens is 2. The van der Waals surface area contributed by atoms with Gasteiger partial charge in [-0.3, -0.25) is 0 Å². The van der Waals surface area contributed by atoms with Crippen molar-refractivity contribution in [3.05, 3.63) is 56.5 Å². The zero-order valence-electron chi connectivity index (χ0n) is 19.0. The molecule has 0 bridgehead atoms. The van der Waals surface area contributed by atoms with Gasteiger partial charge in [0.15, 0.2) is 0 Å². The summed E-state index contributed by atoms with van der Waals surface area (Å²) in [6.07, 6.45) is 0. The molecule has 2 aromatic heterocycles. The Morgan fingerprint density at radius 2 is 1.00 bits per heavy atom. The van der Waals surface area contributed by atoms with E-state index in [4.69, 9.17) is 0 Å². The average Bonchev–Trinajstić information content (AvgIpc) is 2.73. The van der Waals surface area contributed by atoms with E-state index in [2.05, 4.69) is 120 Å². The van der Waals surface area contributed by atoms with Crippen LogP contribution in [0.4, 0.5) is 0 Å². The molecular formula is C26H26Br2N2S2. The Morgan fingerprint density at radius 1 is 0.625 bits per heavy atom. The van der Waals surface area contributed by atoms with E-state index in [9.17, 15) is 0 Å². The first-order chi connectivity index (χ1) is 14.9. The second-order valence-electron chi connectivity index (χ2n) is 10.4. The van der Waals surface area contributed by atoms with Crippen molar-refractivity contribution < 1.29 is 0 Å². The Labute approximate surface area is 213 Å². The molecule has 0 aliphatic heterocycles. The van der Waals surface area contributed by atoms with E-state index in [1.54, 1.807) is 0 Å². The van der Waals surface area contributed by atoms with Crippen LogP contribution in [-0.2, 0) is 10.8 Å². The van der Waals surface area contributed by atoms with Crippen LogP contribution in [0.5, 0.6) is 0 Å². The molecule has 0 aliphatic carbocycles. The summed E-state index contributed by atoms with van der Waals surface area (Å²) >= 11 is 11.5. The van der Waals surface area contributed by atoms with Crippen molar-refractivity contribution >= 4 is 95.4 Å². The third-order valence-corrected chi connectivity index (χ3v) is 10.4. The van der Waals surface area contributed by atoms with Crippen molar-refractivity contribution in [1.82, 2.24) is 9.97 Å². The largest absolute Gasteiger partial charge is 0.352 e. The highest BCUT2D eigenvalue weighted by atomic mass is 79.9. The van der Waals surface area contributed by atoms with Crippen LogP contribution in [0.25, 0.3) is 40.9 Å². The maximum atomic E-state index is 3.94. The Balaban J connectivity index is 1.84. The van der Waals surface area contributed by atoms with Crippen molar-refractivity contribution in [2.45, 2.75) is 52.4 Å². The molecule has 0 atom stereocenters. The molecule has 2 heterocycles. The van der Waals surface area contributed by atoms with Crippen molar-refractivity contribution in [1.29, 1.82) is 0 Å². The van der Waals surface area contributed by atoms with Crippen molar-refractivity contribution in [3.8, 4) is 0 Å². The molecule has 166 valence electrons. The lowest BCUT2D eigenvalue weighted by atomic mass is 9.87. The predicted molar refractivity (Wildman–Crippen MR) is 151 cm³/mol. The standard InChI is InChI=1S/C26H26Br2N2S2/c1-25(2,3)13-7-9-15-17(11-13)31-23-19(27)22-24(20(28)21(23)29-15)32-18-12-14(26(4,5)6)8-10-16(18)30-22/h7-12,29-30H,1-6H3. The van der Waals surface area contributed by atoms with Crippen LogP contribution in [0.3, 0.4) is 0 Å². The Bertz CT molecular complexity index is 1450. The van der Waals surface area contributed by atoms with Gasteiger partial charge in [0.2, 0.25) is 0 Å². The molecule has 0 spiro atoms. The van der Waals surface area contributed by atoms with Gasteiger partial charge < -0.3 is 9.97 Å². The van der Waals surface area contributed by atoms with Gasteiger partial charge in [0, 0.05) is 0 Å². The van der Waals surface area contributed by atoms with Crippen molar-refractivity contribution in [2.24, 2.45) is 0 Å². The first kappa shape index (κ1) is 22.5. The van der Waals surface area contributed by atoms with E-state index >= 15 is 0 Å². The molecule has 0 saturated carbocycles. The SMILES string of the molecule is CC(C)(C)c1ccc2[nH]c3c(Br)c4sc5cc(C(C)(C)C)ccc5[nH]c4c(Br)c3sc2c1. The molecule has 3 aromatic carbocycles. The lowest BCUT2D eigenvalue weighted by Crippen LogP contribution is -2.10. The zero-order valence-corrected chi connectivity index (χ0v) is 23.8.